The van der Waals surface area contributed by atoms with Crippen molar-refractivity contribution in [1.82, 2.24) is 19.1 Å². The lowest BCUT2D eigenvalue weighted by Gasteiger charge is -2.18. The van der Waals surface area contributed by atoms with Gasteiger partial charge in [-0.3, -0.25) is 13.9 Å². The SMILES string of the molecule is COc1nc(-c2cccc(-c3cccc(Nc4nc(C(F)(F)F)cc5c4c(=O)n(C)c(=O)n5C)c3C)c2Cl)cc2c1CCC2. The molecule has 5 aromatic rings. The van der Waals surface area contributed by atoms with E-state index in [1.165, 1.54) is 19.7 Å². The van der Waals surface area contributed by atoms with Gasteiger partial charge < -0.3 is 10.1 Å². The fourth-order valence-corrected chi connectivity index (χ4v) is 6.13. The highest BCUT2D eigenvalue weighted by Crippen LogP contribution is 2.41. The van der Waals surface area contributed by atoms with Gasteiger partial charge in [0.05, 0.1) is 23.3 Å². The predicted octanol–water partition coefficient (Wildman–Crippen LogP) is 6.58. The van der Waals surface area contributed by atoms with Crippen LogP contribution in [0.5, 0.6) is 5.88 Å². The summed E-state index contributed by atoms with van der Waals surface area (Å²) in [5.74, 6) is 0.267. The van der Waals surface area contributed by atoms with Gasteiger partial charge in [-0.2, -0.15) is 13.2 Å². The highest BCUT2D eigenvalue weighted by atomic mass is 35.5. The molecule has 0 amide bonds. The number of nitrogens with one attached hydrogen (secondary N) is 1. The normalized spacial score (nSPS) is 12.9. The Kier molecular flexibility index (Phi) is 7.23. The molecule has 1 aliphatic carbocycles. The zero-order valence-electron chi connectivity index (χ0n) is 24.3. The van der Waals surface area contributed by atoms with E-state index in [9.17, 15) is 22.8 Å². The van der Waals surface area contributed by atoms with Crippen molar-refractivity contribution >= 4 is 34.0 Å². The first-order chi connectivity index (χ1) is 20.9. The van der Waals surface area contributed by atoms with Crippen LogP contribution in [0.4, 0.5) is 24.7 Å². The Morgan fingerprint density at radius 3 is 2.39 bits per heavy atom. The summed E-state index contributed by atoms with van der Waals surface area (Å²) in [6.07, 6.45) is -1.94. The highest BCUT2D eigenvalue weighted by molar-refractivity contribution is 6.36. The fraction of sp³-hybridized carbons (Fsp3) is 0.250. The van der Waals surface area contributed by atoms with Crippen molar-refractivity contribution in [2.75, 3.05) is 12.4 Å². The van der Waals surface area contributed by atoms with E-state index in [0.717, 1.165) is 34.0 Å². The summed E-state index contributed by atoms with van der Waals surface area (Å²) < 4.78 is 49.0. The van der Waals surface area contributed by atoms with Gasteiger partial charge in [-0.05, 0) is 61.1 Å². The number of aryl methyl sites for hydroxylation is 2. The molecule has 0 atom stereocenters. The Bertz CT molecular complexity index is 2100. The molecule has 3 aromatic heterocycles. The second-order valence-corrected chi connectivity index (χ2v) is 11.1. The molecule has 0 aliphatic heterocycles. The quantitative estimate of drug-likeness (QED) is 0.238. The van der Waals surface area contributed by atoms with Crippen molar-refractivity contribution in [2.45, 2.75) is 32.4 Å². The number of ether oxygens (including phenoxy) is 1. The summed E-state index contributed by atoms with van der Waals surface area (Å²) >= 11 is 7.01. The van der Waals surface area contributed by atoms with Crippen molar-refractivity contribution in [1.29, 1.82) is 0 Å². The number of pyridine rings is 2. The topological polar surface area (TPSA) is 91.0 Å². The Balaban J connectivity index is 1.49. The first-order valence-electron chi connectivity index (χ1n) is 13.8. The second-order valence-electron chi connectivity index (χ2n) is 10.7. The summed E-state index contributed by atoms with van der Waals surface area (Å²) in [6.45, 7) is 1.79. The summed E-state index contributed by atoms with van der Waals surface area (Å²) in [7, 11) is 4.17. The van der Waals surface area contributed by atoms with Gasteiger partial charge in [0.2, 0.25) is 5.88 Å². The molecule has 3 heterocycles. The molecule has 8 nitrogen and oxygen atoms in total. The molecule has 44 heavy (non-hydrogen) atoms. The van der Waals surface area contributed by atoms with Crippen LogP contribution in [-0.4, -0.2) is 26.2 Å². The number of halogens is 4. The average molecular weight is 622 g/mol. The van der Waals surface area contributed by atoms with E-state index in [4.69, 9.17) is 21.3 Å². The third kappa shape index (κ3) is 4.81. The maximum Gasteiger partial charge on any atom is 0.433 e. The first kappa shape index (κ1) is 29.4. The van der Waals surface area contributed by atoms with Gasteiger partial charge in [0.25, 0.3) is 5.56 Å². The molecule has 0 fully saturated rings. The van der Waals surface area contributed by atoms with Crippen LogP contribution in [0.25, 0.3) is 33.3 Å². The van der Waals surface area contributed by atoms with Crippen molar-refractivity contribution < 1.29 is 17.9 Å². The molecule has 1 aliphatic rings. The molecule has 226 valence electrons. The summed E-state index contributed by atoms with van der Waals surface area (Å²) in [5, 5.41) is 3.25. The van der Waals surface area contributed by atoms with Crippen LogP contribution in [0, 0.1) is 6.92 Å². The smallest absolute Gasteiger partial charge is 0.433 e. The zero-order chi connectivity index (χ0) is 31.5. The van der Waals surface area contributed by atoms with Crippen LogP contribution in [-0.2, 0) is 33.1 Å². The summed E-state index contributed by atoms with van der Waals surface area (Å²) in [4.78, 5) is 34.2. The van der Waals surface area contributed by atoms with E-state index in [1.807, 2.05) is 30.3 Å². The Labute approximate surface area is 254 Å². The molecule has 6 rings (SSSR count). The van der Waals surface area contributed by atoms with E-state index < -0.39 is 23.1 Å². The van der Waals surface area contributed by atoms with E-state index >= 15 is 0 Å². The lowest BCUT2D eigenvalue weighted by molar-refractivity contribution is -0.141. The van der Waals surface area contributed by atoms with Gasteiger partial charge in [-0.25, -0.2) is 14.8 Å². The number of aromatic nitrogens is 4. The molecule has 12 heteroatoms. The van der Waals surface area contributed by atoms with Crippen molar-refractivity contribution in [3.05, 3.63) is 96.8 Å². The van der Waals surface area contributed by atoms with Crippen molar-refractivity contribution in [2.24, 2.45) is 14.1 Å². The lowest BCUT2D eigenvalue weighted by atomic mass is 9.96. The maximum atomic E-state index is 13.9. The highest BCUT2D eigenvalue weighted by Gasteiger charge is 2.34. The minimum Gasteiger partial charge on any atom is -0.481 e. The van der Waals surface area contributed by atoms with Crippen LogP contribution in [0.2, 0.25) is 5.02 Å². The number of nitrogens with zero attached hydrogens (tertiary/aromatic N) is 4. The van der Waals surface area contributed by atoms with Gasteiger partial charge in [0.15, 0.2) is 0 Å². The number of benzene rings is 2. The number of rotatable bonds is 5. The Morgan fingerprint density at radius 1 is 0.955 bits per heavy atom. The number of hydrogen-bond acceptors (Lipinski definition) is 6. The standard InChI is InChI=1S/C32H27ClF3N5O3/c1-16-18(20-11-6-12-21(27(20)33)23-14-17-8-5-10-19(17)29(38-23)44-4)9-7-13-22(16)37-28-26-24(15-25(39-28)32(34,35)36)40(2)31(43)41(3)30(26)42/h6-7,9,11-15H,5,8,10H2,1-4H3,(H,37,39). The van der Waals surface area contributed by atoms with E-state index in [1.54, 1.807) is 26.2 Å². The lowest BCUT2D eigenvalue weighted by Crippen LogP contribution is -2.37. The van der Waals surface area contributed by atoms with E-state index in [0.29, 0.717) is 50.6 Å². The Morgan fingerprint density at radius 2 is 1.66 bits per heavy atom. The molecule has 0 radical (unpaired) electrons. The number of methoxy groups -OCH3 is 1. The largest absolute Gasteiger partial charge is 0.481 e. The van der Waals surface area contributed by atoms with Crippen LogP contribution in [0.15, 0.2) is 58.1 Å². The van der Waals surface area contributed by atoms with E-state index in [2.05, 4.69) is 10.3 Å². The second kappa shape index (κ2) is 10.8. The minimum absolute atomic E-state index is 0.149. The molecule has 0 spiro atoms. The average Bonchev–Trinajstić information content (AvgIpc) is 3.48. The molecular formula is C32H27ClF3N5O3. The fourth-order valence-electron chi connectivity index (χ4n) is 5.81. The number of anilines is 2. The molecule has 0 bridgehead atoms. The summed E-state index contributed by atoms with van der Waals surface area (Å²) in [5.41, 5.74) is 3.20. The monoisotopic (exact) mass is 621 g/mol. The van der Waals surface area contributed by atoms with Crippen molar-refractivity contribution in [3.63, 3.8) is 0 Å². The molecule has 1 N–H and O–H groups in total. The number of hydrogen-bond donors (Lipinski definition) is 1. The number of alkyl halides is 3. The van der Waals surface area contributed by atoms with Crippen LogP contribution in [0.1, 0.15) is 28.8 Å². The van der Waals surface area contributed by atoms with Gasteiger partial charge >= 0.3 is 11.9 Å². The third-order valence-corrected chi connectivity index (χ3v) is 8.55. The van der Waals surface area contributed by atoms with Crippen LogP contribution in [0.3, 0.4) is 0 Å². The maximum absolute atomic E-state index is 13.9. The number of fused-ring (bicyclic) bond motifs is 2. The van der Waals surface area contributed by atoms with Gasteiger partial charge in [-0.15, -0.1) is 0 Å². The van der Waals surface area contributed by atoms with Crippen LogP contribution < -0.4 is 21.3 Å². The molecule has 0 saturated carbocycles. The first-order valence-corrected chi connectivity index (χ1v) is 14.2. The molecule has 2 aromatic carbocycles. The van der Waals surface area contributed by atoms with Crippen LogP contribution >= 0.6 is 11.6 Å². The third-order valence-electron chi connectivity index (χ3n) is 8.14. The zero-order valence-corrected chi connectivity index (χ0v) is 25.0. The van der Waals surface area contributed by atoms with Gasteiger partial charge in [-0.1, -0.05) is 41.9 Å². The Hall–Kier alpha value is -4.64. The van der Waals surface area contributed by atoms with Gasteiger partial charge in [0.1, 0.15) is 16.9 Å². The molecular weight excluding hydrogens is 595 g/mol. The molecule has 0 unspecified atom stereocenters. The summed E-state index contributed by atoms with van der Waals surface area (Å²) in [6, 6.07) is 13.6. The molecule has 0 saturated heterocycles. The minimum atomic E-state index is -4.82. The van der Waals surface area contributed by atoms with Gasteiger partial charge in [0, 0.05) is 36.5 Å². The van der Waals surface area contributed by atoms with E-state index in [-0.39, 0.29) is 16.7 Å². The predicted molar refractivity (Wildman–Crippen MR) is 164 cm³/mol. The van der Waals surface area contributed by atoms with Crippen molar-refractivity contribution in [3.8, 4) is 28.3 Å².